The second-order valence-electron chi connectivity index (χ2n) is 6.93. The Balaban J connectivity index is 0.00000300. The first-order valence-corrected chi connectivity index (χ1v) is 9.67. The molecule has 1 amide bonds. The standard InChI is InChI=1S/C20H27N5O3.ClH/c26-18(22-8-4-11-23-13-9-21-10-14-23)16-25-19(27)7-12-24(20(25)28)15-17-5-2-1-3-6-17;/h1-3,5-7,12,21H,4,8-11,13-16H2,(H,22,26);1H. The van der Waals surface area contributed by atoms with Gasteiger partial charge in [-0.15, -0.1) is 12.4 Å². The van der Waals surface area contributed by atoms with Crippen molar-refractivity contribution in [1.82, 2.24) is 24.7 Å². The number of nitrogens with zero attached hydrogens (tertiary/aromatic N) is 3. The average molecular weight is 422 g/mol. The van der Waals surface area contributed by atoms with Gasteiger partial charge in [0.25, 0.3) is 5.56 Å². The predicted octanol–water partition coefficient (Wildman–Crippen LogP) is -0.108. The van der Waals surface area contributed by atoms with E-state index in [0.717, 1.165) is 49.3 Å². The molecule has 0 bridgehead atoms. The van der Waals surface area contributed by atoms with E-state index in [1.165, 1.54) is 16.8 Å². The molecule has 1 aromatic heterocycles. The lowest BCUT2D eigenvalue weighted by molar-refractivity contribution is -0.121. The molecule has 0 saturated carbocycles. The number of carbonyl (C=O) groups is 1. The zero-order valence-corrected chi connectivity index (χ0v) is 17.2. The molecule has 2 aromatic rings. The van der Waals surface area contributed by atoms with Crippen LogP contribution in [0.3, 0.4) is 0 Å². The van der Waals surface area contributed by atoms with Gasteiger partial charge in [0.05, 0.1) is 6.54 Å². The minimum absolute atomic E-state index is 0. The number of amides is 1. The predicted molar refractivity (Wildman–Crippen MR) is 115 cm³/mol. The van der Waals surface area contributed by atoms with E-state index in [0.29, 0.717) is 13.1 Å². The molecular weight excluding hydrogens is 394 g/mol. The van der Waals surface area contributed by atoms with Crippen molar-refractivity contribution in [2.45, 2.75) is 19.5 Å². The van der Waals surface area contributed by atoms with Crippen molar-refractivity contribution in [2.75, 3.05) is 39.3 Å². The zero-order valence-electron chi connectivity index (χ0n) is 16.4. The van der Waals surface area contributed by atoms with E-state index in [9.17, 15) is 14.4 Å². The summed E-state index contributed by atoms with van der Waals surface area (Å²) in [6.45, 7) is 5.59. The molecule has 1 aliphatic heterocycles. The van der Waals surface area contributed by atoms with Gasteiger partial charge in [-0.05, 0) is 18.5 Å². The van der Waals surface area contributed by atoms with Crippen LogP contribution >= 0.6 is 12.4 Å². The fraction of sp³-hybridized carbons (Fsp3) is 0.450. The first kappa shape index (κ1) is 22.9. The molecule has 0 spiro atoms. The Bertz CT molecular complexity index is 891. The minimum atomic E-state index is -0.479. The highest BCUT2D eigenvalue weighted by Gasteiger charge is 2.11. The van der Waals surface area contributed by atoms with Crippen LogP contribution in [0.1, 0.15) is 12.0 Å². The van der Waals surface area contributed by atoms with Crippen LogP contribution in [0.25, 0.3) is 0 Å². The van der Waals surface area contributed by atoms with Crippen LogP contribution in [0.15, 0.2) is 52.2 Å². The smallest absolute Gasteiger partial charge is 0.331 e. The third-order valence-corrected chi connectivity index (χ3v) is 4.82. The van der Waals surface area contributed by atoms with Crippen molar-refractivity contribution in [3.05, 3.63) is 69.0 Å². The monoisotopic (exact) mass is 421 g/mol. The van der Waals surface area contributed by atoms with Crippen molar-refractivity contribution in [1.29, 1.82) is 0 Å². The van der Waals surface area contributed by atoms with Gasteiger partial charge >= 0.3 is 5.69 Å². The molecule has 1 saturated heterocycles. The number of aromatic nitrogens is 2. The summed E-state index contributed by atoms with van der Waals surface area (Å²) in [6, 6.07) is 10.8. The molecule has 29 heavy (non-hydrogen) atoms. The summed E-state index contributed by atoms with van der Waals surface area (Å²) in [5.74, 6) is -0.322. The van der Waals surface area contributed by atoms with E-state index in [4.69, 9.17) is 0 Å². The van der Waals surface area contributed by atoms with Gasteiger partial charge < -0.3 is 15.5 Å². The molecule has 2 N–H and O–H groups in total. The fourth-order valence-corrected chi connectivity index (χ4v) is 3.27. The minimum Gasteiger partial charge on any atom is -0.354 e. The summed E-state index contributed by atoms with van der Waals surface area (Å²) < 4.78 is 2.42. The first-order valence-electron chi connectivity index (χ1n) is 9.67. The van der Waals surface area contributed by atoms with Crippen LogP contribution in [-0.2, 0) is 17.9 Å². The van der Waals surface area contributed by atoms with Gasteiger partial charge in [0.2, 0.25) is 5.91 Å². The van der Waals surface area contributed by atoms with Crippen LogP contribution in [0.5, 0.6) is 0 Å². The average Bonchev–Trinajstić information content (AvgIpc) is 2.72. The van der Waals surface area contributed by atoms with E-state index >= 15 is 0 Å². The van der Waals surface area contributed by atoms with Crippen LogP contribution in [0.4, 0.5) is 0 Å². The Kier molecular flexibility index (Phi) is 9.11. The van der Waals surface area contributed by atoms with Crippen LogP contribution in [0, 0.1) is 0 Å². The Morgan fingerprint density at radius 1 is 1.07 bits per heavy atom. The largest absolute Gasteiger partial charge is 0.354 e. The van der Waals surface area contributed by atoms with Gasteiger partial charge in [-0.2, -0.15) is 0 Å². The summed E-state index contributed by atoms with van der Waals surface area (Å²) >= 11 is 0. The SMILES string of the molecule is Cl.O=C(Cn1c(=O)ccn(Cc2ccccc2)c1=O)NCCCN1CCNCC1. The highest BCUT2D eigenvalue weighted by atomic mass is 35.5. The molecule has 1 aliphatic rings. The van der Waals surface area contributed by atoms with Crippen molar-refractivity contribution < 1.29 is 4.79 Å². The molecule has 8 nitrogen and oxygen atoms in total. The Labute approximate surface area is 175 Å². The van der Waals surface area contributed by atoms with Gasteiger partial charge in [0.15, 0.2) is 0 Å². The highest BCUT2D eigenvalue weighted by molar-refractivity contribution is 5.85. The van der Waals surface area contributed by atoms with Crippen molar-refractivity contribution in [3.8, 4) is 0 Å². The number of halogens is 1. The number of benzene rings is 1. The van der Waals surface area contributed by atoms with E-state index in [-0.39, 0.29) is 24.9 Å². The summed E-state index contributed by atoms with van der Waals surface area (Å²) in [5.41, 5.74) is 0.00441. The van der Waals surface area contributed by atoms with Crippen LogP contribution in [-0.4, -0.2) is 59.2 Å². The summed E-state index contributed by atoms with van der Waals surface area (Å²) in [4.78, 5) is 39.2. The normalized spacial score (nSPS) is 14.2. The van der Waals surface area contributed by atoms with Gasteiger partial charge in [-0.3, -0.25) is 18.7 Å². The maximum absolute atomic E-state index is 12.6. The quantitative estimate of drug-likeness (QED) is 0.581. The van der Waals surface area contributed by atoms with Crippen LogP contribution < -0.4 is 21.9 Å². The van der Waals surface area contributed by atoms with Gasteiger partial charge in [0, 0.05) is 45.0 Å². The summed E-state index contributed by atoms with van der Waals surface area (Å²) in [7, 11) is 0. The van der Waals surface area contributed by atoms with E-state index in [2.05, 4.69) is 15.5 Å². The lowest BCUT2D eigenvalue weighted by Gasteiger charge is -2.27. The topological polar surface area (TPSA) is 88.4 Å². The first-order chi connectivity index (χ1) is 13.6. The molecule has 0 unspecified atom stereocenters. The molecule has 9 heteroatoms. The number of hydrogen-bond acceptors (Lipinski definition) is 5. The number of nitrogens with one attached hydrogen (secondary N) is 2. The lowest BCUT2D eigenvalue weighted by Crippen LogP contribution is -2.45. The van der Waals surface area contributed by atoms with E-state index in [1.54, 1.807) is 0 Å². The third kappa shape index (κ3) is 6.85. The number of hydrogen-bond donors (Lipinski definition) is 2. The molecular formula is C20H28ClN5O3. The lowest BCUT2D eigenvalue weighted by atomic mass is 10.2. The summed E-state index contributed by atoms with van der Waals surface area (Å²) in [6.07, 6.45) is 2.31. The Morgan fingerprint density at radius 2 is 1.79 bits per heavy atom. The molecule has 3 rings (SSSR count). The highest BCUT2D eigenvalue weighted by Crippen LogP contribution is 1.99. The second kappa shape index (κ2) is 11.5. The molecule has 0 atom stereocenters. The number of piperazine rings is 1. The number of carbonyl (C=O) groups excluding carboxylic acids is 1. The van der Waals surface area contributed by atoms with Gasteiger partial charge in [-0.1, -0.05) is 30.3 Å². The maximum Gasteiger partial charge on any atom is 0.331 e. The van der Waals surface area contributed by atoms with E-state index in [1.807, 2.05) is 30.3 Å². The molecule has 0 aliphatic carbocycles. The molecule has 1 aromatic carbocycles. The zero-order chi connectivity index (χ0) is 19.8. The number of rotatable bonds is 8. The second-order valence-corrected chi connectivity index (χ2v) is 6.93. The van der Waals surface area contributed by atoms with Crippen molar-refractivity contribution in [3.63, 3.8) is 0 Å². The molecule has 2 heterocycles. The third-order valence-electron chi connectivity index (χ3n) is 4.82. The van der Waals surface area contributed by atoms with Crippen LogP contribution in [0.2, 0.25) is 0 Å². The Morgan fingerprint density at radius 3 is 2.52 bits per heavy atom. The molecule has 0 radical (unpaired) electrons. The maximum atomic E-state index is 12.6. The fourth-order valence-electron chi connectivity index (χ4n) is 3.27. The summed E-state index contributed by atoms with van der Waals surface area (Å²) in [5, 5.41) is 6.11. The Hall–Kier alpha value is -2.42. The van der Waals surface area contributed by atoms with Gasteiger partial charge in [-0.25, -0.2) is 4.79 Å². The molecule has 1 fully saturated rings. The van der Waals surface area contributed by atoms with Gasteiger partial charge in [0.1, 0.15) is 6.54 Å². The van der Waals surface area contributed by atoms with Crippen molar-refractivity contribution >= 4 is 18.3 Å². The van der Waals surface area contributed by atoms with Crippen molar-refractivity contribution in [2.24, 2.45) is 0 Å². The molecule has 158 valence electrons. The van der Waals surface area contributed by atoms with E-state index < -0.39 is 11.2 Å².